The van der Waals surface area contributed by atoms with Crippen LogP contribution in [0.5, 0.6) is 0 Å². The molecule has 0 spiro atoms. The first kappa shape index (κ1) is 15.1. The second kappa shape index (κ2) is 5.79. The third-order valence-corrected chi connectivity index (χ3v) is 3.90. The lowest BCUT2D eigenvalue weighted by Gasteiger charge is -2.13. The number of nitrogens with zero attached hydrogens (tertiary/aromatic N) is 2. The van der Waals surface area contributed by atoms with Crippen molar-refractivity contribution in [1.82, 2.24) is 4.98 Å². The fourth-order valence-corrected chi connectivity index (χ4v) is 2.79. The van der Waals surface area contributed by atoms with Crippen LogP contribution in [-0.4, -0.2) is 4.98 Å². The van der Waals surface area contributed by atoms with Crippen LogP contribution < -0.4 is 5.73 Å². The summed E-state index contributed by atoms with van der Waals surface area (Å²) in [5.74, 6) is 1.55. The third kappa shape index (κ3) is 2.67. The highest BCUT2D eigenvalue weighted by Gasteiger charge is 2.20. The van der Waals surface area contributed by atoms with E-state index in [1.807, 2.05) is 44.2 Å². The molecule has 0 unspecified atom stereocenters. The van der Waals surface area contributed by atoms with Gasteiger partial charge < -0.3 is 10.2 Å². The molecule has 0 aliphatic carbocycles. The van der Waals surface area contributed by atoms with Crippen molar-refractivity contribution in [2.24, 2.45) is 0 Å². The Morgan fingerprint density at radius 2 is 2.00 bits per heavy atom. The number of nitrogens with two attached hydrogens (primary N) is 1. The number of nitriles is 1. The maximum absolute atomic E-state index is 9.46. The van der Waals surface area contributed by atoms with E-state index < -0.39 is 0 Å². The first-order valence-electron chi connectivity index (χ1n) is 7.04. The largest absolute Gasteiger partial charge is 0.461 e. The number of aryl methyl sites for hydroxylation is 1. The number of furan rings is 1. The molecular weight excluding hydrogens is 310 g/mol. The first-order chi connectivity index (χ1) is 11.0. The van der Waals surface area contributed by atoms with Crippen molar-refractivity contribution in [1.29, 1.82) is 5.26 Å². The van der Waals surface area contributed by atoms with Crippen molar-refractivity contribution >= 4 is 17.4 Å². The molecule has 23 heavy (non-hydrogen) atoms. The molecule has 3 rings (SSSR count). The molecule has 1 aromatic carbocycles. The number of hydrogen-bond donors (Lipinski definition) is 1. The standard InChI is InChI=1S/C18H14ClN3O/c1-10-6-7-15(23-10)16-11(2)17(22-18(21)14(16)9-20)12-4-3-5-13(19)8-12/h3-8H,1-2H3,(H2,21,22). The molecule has 0 amide bonds. The molecule has 5 heteroatoms. The van der Waals surface area contributed by atoms with Gasteiger partial charge in [-0.25, -0.2) is 4.98 Å². The van der Waals surface area contributed by atoms with Crippen molar-refractivity contribution in [3.63, 3.8) is 0 Å². The second-order valence-electron chi connectivity index (χ2n) is 5.25. The average Bonchev–Trinajstić information content (AvgIpc) is 2.94. The lowest BCUT2D eigenvalue weighted by Crippen LogP contribution is -2.03. The summed E-state index contributed by atoms with van der Waals surface area (Å²) in [4.78, 5) is 4.40. The number of hydrogen-bond acceptors (Lipinski definition) is 4. The summed E-state index contributed by atoms with van der Waals surface area (Å²) < 4.78 is 5.70. The van der Waals surface area contributed by atoms with Crippen LogP contribution >= 0.6 is 11.6 Å². The second-order valence-corrected chi connectivity index (χ2v) is 5.69. The van der Waals surface area contributed by atoms with Crippen LogP contribution in [-0.2, 0) is 0 Å². The lowest BCUT2D eigenvalue weighted by molar-refractivity contribution is 0.548. The Morgan fingerprint density at radius 3 is 2.61 bits per heavy atom. The molecule has 0 aliphatic rings. The third-order valence-electron chi connectivity index (χ3n) is 3.67. The molecule has 0 atom stereocenters. The normalized spacial score (nSPS) is 10.5. The van der Waals surface area contributed by atoms with E-state index >= 15 is 0 Å². The Morgan fingerprint density at radius 1 is 1.22 bits per heavy atom. The van der Waals surface area contributed by atoms with Gasteiger partial charge in [-0.1, -0.05) is 23.7 Å². The van der Waals surface area contributed by atoms with Crippen molar-refractivity contribution in [3.05, 3.63) is 58.3 Å². The summed E-state index contributed by atoms with van der Waals surface area (Å²) in [5, 5.41) is 10.1. The van der Waals surface area contributed by atoms with Crippen LogP contribution in [0.25, 0.3) is 22.6 Å². The van der Waals surface area contributed by atoms with Gasteiger partial charge in [-0.15, -0.1) is 0 Å². The van der Waals surface area contributed by atoms with Gasteiger partial charge in [0.15, 0.2) is 0 Å². The Hall–Kier alpha value is -2.77. The predicted molar refractivity (Wildman–Crippen MR) is 91.0 cm³/mol. The number of benzene rings is 1. The average molecular weight is 324 g/mol. The van der Waals surface area contributed by atoms with Crippen LogP contribution in [0.2, 0.25) is 5.02 Å². The summed E-state index contributed by atoms with van der Waals surface area (Å²) in [6, 6.07) is 13.2. The highest BCUT2D eigenvalue weighted by atomic mass is 35.5. The van der Waals surface area contributed by atoms with E-state index in [1.165, 1.54) is 0 Å². The van der Waals surface area contributed by atoms with Crippen LogP contribution in [0.15, 0.2) is 40.8 Å². The Labute approximate surface area is 139 Å². The molecule has 0 saturated heterocycles. The molecule has 0 saturated carbocycles. The Kier molecular flexibility index (Phi) is 3.81. The molecular formula is C18H14ClN3O. The molecule has 2 heterocycles. The van der Waals surface area contributed by atoms with Crippen molar-refractivity contribution in [3.8, 4) is 28.7 Å². The van der Waals surface area contributed by atoms with Gasteiger partial charge in [-0.05, 0) is 43.7 Å². The molecule has 4 nitrogen and oxygen atoms in total. The van der Waals surface area contributed by atoms with Gasteiger partial charge in [0.05, 0.1) is 5.69 Å². The molecule has 0 bridgehead atoms. The van der Waals surface area contributed by atoms with Gasteiger partial charge in [0.2, 0.25) is 0 Å². The molecule has 3 aromatic rings. The topological polar surface area (TPSA) is 75.8 Å². The number of pyridine rings is 1. The van der Waals surface area contributed by atoms with Crippen LogP contribution in [0, 0.1) is 25.2 Å². The zero-order valence-electron chi connectivity index (χ0n) is 12.7. The van der Waals surface area contributed by atoms with Gasteiger partial charge in [-0.2, -0.15) is 5.26 Å². The quantitative estimate of drug-likeness (QED) is 0.739. The van der Waals surface area contributed by atoms with Crippen LogP contribution in [0.3, 0.4) is 0 Å². The predicted octanol–water partition coefficient (Wildman–Crippen LogP) is 4.73. The van der Waals surface area contributed by atoms with Gasteiger partial charge in [0.1, 0.15) is 29.0 Å². The van der Waals surface area contributed by atoms with Gasteiger partial charge >= 0.3 is 0 Å². The smallest absolute Gasteiger partial charge is 0.142 e. The van der Waals surface area contributed by atoms with E-state index in [-0.39, 0.29) is 5.82 Å². The molecule has 0 fully saturated rings. The number of nitrogen functional groups attached to an aromatic ring is 1. The molecule has 0 radical (unpaired) electrons. The minimum atomic E-state index is 0.178. The number of anilines is 1. The Balaban J connectivity index is 2.33. The highest BCUT2D eigenvalue weighted by molar-refractivity contribution is 6.30. The number of halogens is 1. The summed E-state index contributed by atoms with van der Waals surface area (Å²) in [7, 11) is 0. The summed E-state index contributed by atoms with van der Waals surface area (Å²) in [6.07, 6.45) is 0. The SMILES string of the molecule is Cc1ccc(-c2c(C)c(-c3cccc(Cl)c3)nc(N)c2C#N)o1. The zero-order chi connectivity index (χ0) is 16.6. The highest BCUT2D eigenvalue weighted by Crippen LogP contribution is 2.36. The van der Waals surface area contributed by atoms with Crippen LogP contribution in [0.1, 0.15) is 16.9 Å². The van der Waals surface area contributed by atoms with Crippen molar-refractivity contribution in [2.45, 2.75) is 13.8 Å². The molecule has 2 aromatic heterocycles. The zero-order valence-corrected chi connectivity index (χ0v) is 13.5. The van der Waals surface area contributed by atoms with Crippen LogP contribution in [0.4, 0.5) is 5.82 Å². The van der Waals surface area contributed by atoms with Gasteiger partial charge in [0.25, 0.3) is 0 Å². The fraction of sp³-hybridized carbons (Fsp3) is 0.111. The number of rotatable bonds is 2. The molecule has 114 valence electrons. The van der Waals surface area contributed by atoms with Gasteiger partial charge in [0, 0.05) is 16.1 Å². The maximum atomic E-state index is 9.46. The molecule has 2 N–H and O–H groups in total. The van der Waals surface area contributed by atoms with E-state index in [9.17, 15) is 5.26 Å². The van der Waals surface area contributed by atoms with E-state index in [0.717, 1.165) is 16.9 Å². The minimum absolute atomic E-state index is 0.178. The van der Waals surface area contributed by atoms with E-state index in [1.54, 1.807) is 6.07 Å². The minimum Gasteiger partial charge on any atom is -0.461 e. The monoisotopic (exact) mass is 323 g/mol. The lowest BCUT2D eigenvalue weighted by atomic mass is 9.96. The van der Waals surface area contributed by atoms with E-state index in [0.29, 0.717) is 27.6 Å². The van der Waals surface area contributed by atoms with Gasteiger partial charge in [-0.3, -0.25) is 0 Å². The first-order valence-corrected chi connectivity index (χ1v) is 7.42. The Bertz CT molecular complexity index is 938. The summed E-state index contributed by atoms with van der Waals surface area (Å²) in [5.41, 5.74) is 9.36. The maximum Gasteiger partial charge on any atom is 0.142 e. The summed E-state index contributed by atoms with van der Waals surface area (Å²) in [6.45, 7) is 3.75. The fourth-order valence-electron chi connectivity index (χ4n) is 2.60. The summed E-state index contributed by atoms with van der Waals surface area (Å²) >= 11 is 6.08. The van der Waals surface area contributed by atoms with Crippen molar-refractivity contribution in [2.75, 3.05) is 5.73 Å². The van der Waals surface area contributed by atoms with E-state index in [2.05, 4.69) is 11.1 Å². The van der Waals surface area contributed by atoms with Crippen molar-refractivity contribution < 1.29 is 4.42 Å². The number of aromatic nitrogens is 1. The van der Waals surface area contributed by atoms with E-state index in [4.69, 9.17) is 21.8 Å². The molecule has 0 aliphatic heterocycles.